The fraction of sp³-hybridized carbons (Fsp3) is 0.333. The van der Waals surface area contributed by atoms with E-state index in [9.17, 15) is 0 Å². The molecule has 1 aromatic heterocycles. The largest absolute Gasteiger partial charge is 0.497 e. The molecule has 1 aliphatic heterocycles. The Balaban J connectivity index is 1.54. The molecular weight excluding hydrogens is 378 g/mol. The highest BCUT2D eigenvalue weighted by atomic mass is 35.5. The quantitative estimate of drug-likeness (QED) is 0.596. The molecule has 0 bridgehead atoms. The van der Waals surface area contributed by atoms with E-state index in [0.29, 0.717) is 23.3 Å². The smallest absolute Gasteiger partial charge is 0.241 e. The van der Waals surface area contributed by atoms with Crippen molar-refractivity contribution < 1.29 is 14.0 Å². The molecule has 7 heteroatoms. The highest BCUT2D eigenvalue weighted by molar-refractivity contribution is 6.30. The Kier molecular flexibility index (Phi) is 5.50. The second-order valence-corrected chi connectivity index (χ2v) is 7.19. The molecule has 2 aromatic carbocycles. The summed E-state index contributed by atoms with van der Waals surface area (Å²) in [6, 6.07) is 13.5. The molecule has 6 nitrogen and oxygen atoms in total. The topological polar surface area (TPSA) is 60.6 Å². The van der Waals surface area contributed by atoms with Crippen molar-refractivity contribution in [2.75, 3.05) is 20.8 Å². The van der Waals surface area contributed by atoms with Gasteiger partial charge in [-0.05, 0) is 61.9 Å². The van der Waals surface area contributed by atoms with Crippen LogP contribution in [-0.2, 0) is 6.54 Å². The van der Waals surface area contributed by atoms with Crippen molar-refractivity contribution in [2.24, 2.45) is 0 Å². The van der Waals surface area contributed by atoms with Gasteiger partial charge in [0.15, 0.2) is 0 Å². The lowest BCUT2D eigenvalue weighted by Crippen LogP contribution is -2.23. The van der Waals surface area contributed by atoms with Crippen molar-refractivity contribution in [1.29, 1.82) is 0 Å². The molecule has 0 aliphatic carbocycles. The first kappa shape index (κ1) is 18.8. The van der Waals surface area contributed by atoms with E-state index in [2.05, 4.69) is 21.1 Å². The number of nitrogens with zero attached hydrogens (tertiary/aromatic N) is 3. The van der Waals surface area contributed by atoms with Crippen LogP contribution >= 0.6 is 11.6 Å². The molecule has 1 saturated heterocycles. The van der Waals surface area contributed by atoms with E-state index in [4.69, 9.17) is 25.6 Å². The molecule has 0 unspecified atom stereocenters. The standard InChI is InChI=1S/C21H22ClN3O3/c1-26-16-9-10-19(27-2)17(12-16)18-4-3-11-25(18)13-20-23-21(24-28-20)14-5-7-15(22)8-6-14/h5-10,12,18H,3-4,11,13H2,1-2H3/t18-/m1/s1. The van der Waals surface area contributed by atoms with Gasteiger partial charge in [0.05, 0.1) is 20.8 Å². The zero-order valence-corrected chi connectivity index (χ0v) is 16.6. The molecule has 1 fully saturated rings. The van der Waals surface area contributed by atoms with E-state index in [-0.39, 0.29) is 6.04 Å². The summed E-state index contributed by atoms with van der Waals surface area (Å²) in [7, 11) is 3.37. The number of rotatable bonds is 6. The van der Waals surface area contributed by atoms with Gasteiger partial charge in [0.25, 0.3) is 0 Å². The molecule has 1 aliphatic rings. The number of halogens is 1. The van der Waals surface area contributed by atoms with Crippen LogP contribution in [0.2, 0.25) is 5.02 Å². The van der Waals surface area contributed by atoms with Gasteiger partial charge in [-0.3, -0.25) is 4.90 Å². The lowest BCUT2D eigenvalue weighted by Gasteiger charge is -2.25. The van der Waals surface area contributed by atoms with Crippen LogP contribution in [-0.4, -0.2) is 35.8 Å². The first-order chi connectivity index (χ1) is 13.7. The van der Waals surface area contributed by atoms with E-state index in [1.54, 1.807) is 14.2 Å². The third-order valence-electron chi connectivity index (χ3n) is 5.07. The van der Waals surface area contributed by atoms with Gasteiger partial charge >= 0.3 is 0 Å². The van der Waals surface area contributed by atoms with Gasteiger partial charge in [0, 0.05) is 22.2 Å². The lowest BCUT2D eigenvalue weighted by molar-refractivity contribution is 0.209. The average molecular weight is 400 g/mol. The molecule has 0 N–H and O–H groups in total. The summed E-state index contributed by atoms with van der Waals surface area (Å²) in [5.41, 5.74) is 2.00. The molecule has 0 saturated carbocycles. The number of hydrogen-bond acceptors (Lipinski definition) is 6. The maximum Gasteiger partial charge on any atom is 0.241 e. The molecule has 2 heterocycles. The molecule has 0 amide bonds. The summed E-state index contributed by atoms with van der Waals surface area (Å²) in [5, 5.41) is 4.80. The van der Waals surface area contributed by atoms with E-state index in [0.717, 1.165) is 42.0 Å². The van der Waals surface area contributed by atoms with Crippen LogP contribution < -0.4 is 9.47 Å². The van der Waals surface area contributed by atoms with Gasteiger partial charge in [0.2, 0.25) is 11.7 Å². The summed E-state index contributed by atoms with van der Waals surface area (Å²) >= 11 is 5.95. The predicted octanol–water partition coefficient (Wildman–Crippen LogP) is 4.74. The summed E-state index contributed by atoms with van der Waals surface area (Å²) in [6.07, 6.45) is 2.14. The Morgan fingerprint density at radius 3 is 2.71 bits per heavy atom. The van der Waals surface area contributed by atoms with Crippen LogP contribution in [0.15, 0.2) is 47.0 Å². The predicted molar refractivity (Wildman–Crippen MR) is 107 cm³/mol. The molecular formula is C21H22ClN3O3. The monoisotopic (exact) mass is 399 g/mol. The fourth-order valence-corrected chi connectivity index (χ4v) is 3.80. The van der Waals surface area contributed by atoms with E-state index < -0.39 is 0 Å². The number of ether oxygens (including phenoxy) is 2. The Labute approximate surface area is 169 Å². The number of benzene rings is 2. The summed E-state index contributed by atoms with van der Waals surface area (Å²) in [5.74, 6) is 2.86. The average Bonchev–Trinajstić information content (AvgIpc) is 3.38. The summed E-state index contributed by atoms with van der Waals surface area (Å²) in [4.78, 5) is 6.90. The van der Waals surface area contributed by atoms with Crippen LogP contribution in [0.3, 0.4) is 0 Å². The number of methoxy groups -OCH3 is 2. The third-order valence-corrected chi connectivity index (χ3v) is 5.32. The Morgan fingerprint density at radius 1 is 1.14 bits per heavy atom. The second-order valence-electron chi connectivity index (χ2n) is 6.75. The first-order valence-electron chi connectivity index (χ1n) is 9.22. The van der Waals surface area contributed by atoms with Gasteiger partial charge in [0.1, 0.15) is 11.5 Å². The van der Waals surface area contributed by atoms with Gasteiger partial charge in [-0.2, -0.15) is 4.98 Å². The Hall–Kier alpha value is -2.57. The van der Waals surface area contributed by atoms with E-state index >= 15 is 0 Å². The Morgan fingerprint density at radius 2 is 1.96 bits per heavy atom. The maximum absolute atomic E-state index is 5.95. The van der Waals surface area contributed by atoms with Crippen molar-refractivity contribution in [3.05, 3.63) is 58.9 Å². The normalized spacial score (nSPS) is 17.0. The van der Waals surface area contributed by atoms with Crippen LogP contribution in [0.1, 0.15) is 30.3 Å². The zero-order valence-electron chi connectivity index (χ0n) is 15.9. The van der Waals surface area contributed by atoms with Crippen LogP contribution in [0, 0.1) is 0 Å². The molecule has 0 spiro atoms. The van der Waals surface area contributed by atoms with Crippen LogP contribution in [0.25, 0.3) is 11.4 Å². The number of likely N-dealkylation sites (tertiary alicyclic amines) is 1. The number of aromatic nitrogens is 2. The van der Waals surface area contributed by atoms with Crippen molar-refractivity contribution in [3.63, 3.8) is 0 Å². The van der Waals surface area contributed by atoms with Gasteiger partial charge in [-0.1, -0.05) is 16.8 Å². The Bertz CT molecular complexity index is 942. The van der Waals surface area contributed by atoms with Crippen LogP contribution in [0.4, 0.5) is 0 Å². The van der Waals surface area contributed by atoms with Crippen molar-refractivity contribution in [3.8, 4) is 22.9 Å². The molecule has 146 valence electrons. The molecule has 0 radical (unpaired) electrons. The summed E-state index contributed by atoms with van der Waals surface area (Å²) < 4.78 is 16.5. The zero-order chi connectivity index (χ0) is 19.5. The molecule has 4 rings (SSSR count). The van der Waals surface area contributed by atoms with Gasteiger partial charge in [-0.25, -0.2) is 0 Å². The molecule has 28 heavy (non-hydrogen) atoms. The highest BCUT2D eigenvalue weighted by Crippen LogP contribution is 2.39. The third kappa shape index (κ3) is 3.84. The first-order valence-corrected chi connectivity index (χ1v) is 9.60. The van der Waals surface area contributed by atoms with Crippen molar-refractivity contribution >= 4 is 11.6 Å². The fourth-order valence-electron chi connectivity index (χ4n) is 3.68. The maximum atomic E-state index is 5.95. The molecule has 1 atom stereocenters. The lowest BCUT2D eigenvalue weighted by atomic mass is 10.0. The van der Waals surface area contributed by atoms with E-state index in [1.165, 1.54) is 0 Å². The van der Waals surface area contributed by atoms with Gasteiger partial charge in [-0.15, -0.1) is 0 Å². The van der Waals surface area contributed by atoms with Crippen LogP contribution in [0.5, 0.6) is 11.5 Å². The summed E-state index contributed by atoms with van der Waals surface area (Å²) in [6.45, 7) is 1.55. The second kappa shape index (κ2) is 8.20. The number of hydrogen-bond donors (Lipinski definition) is 0. The minimum atomic E-state index is 0.218. The van der Waals surface area contributed by atoms with Gasteiger partial charge < -0.3 is 14.0 Å². The van der Waals surface area contributed by atoms with Crippen molar-refractivity contribution in [1.82, 2.24) is 15.0 Å². The van der Waals surface area contributed by atoms with E-state index in [1.807, 2.05) is 36.4 Å². The van der Waals surface area contributed by atoms with Crippen molar-refractivity contribution in [2.45, 2.75) is 25.4 Å². The molecule has 3 aromatic rings. The minimum Gasteiger partial charge on any atom is -0.497 e. The highest BCUT2D eigenvalue weighted by Gasteiger charge is 2.30. The SMILES string of the molecule is COc1ccc(OC)c([C@H]2CCCN2Cc2nc(-c3ccc(Cl)cc3)no2)c1. The minimum absolute atomic E-state index is 0.218.